The van der Waals surface area contributed by atoms with E-state index in [-0.39, 0.29) is 0 Å². The van der Waals surface area contributed by atoms with Gasteiger partial charge in [0.25, 0.3) is 0 Å². The van der Waals surface area contributed by atoms with Gasteiger partial charge in [-0.3, -0.25) is 4.99 Å². The Hall–Kier alpha value is -3.85. The van der Waals surface area contributed by atoms with Crippen molar-refractivity contribution >= 4 is 6.21 Å². The number of nitrogens with zero attached hydrogens (tertiary/aromatic N) is 1. The Morgan fingerprint density at radius 1 is 0.632 bits per heavy atom. The van der Waals surface area contributed by atoms with Crippen LogP contribution in [0.2, 0.25) is 0 Å². The summed E-state index contributed by atoms with van der Waals surface area (Å²) in [5.74, 6) is 0.688. The number of hydrogen-bond acceptors (Lipinski definition) is 3. The highest BCUT2D eigenvalue weighted by atomic mass is 16.7. The second-order valence-electron chi connectivity index (χ2n) is 11.1. The van der Waals surface area contributed by atoms with Crippen LogP contribution in [0.25, 0.3) is 22.3 Å². The van der Waals surface area contributed by atoms with E-state index in [9.17, 15) is 0 Å². The summed E-state index contributed by atoms with van der Waals surface area (Å²) in [6.45, 7) is 17.5. The van der Waals surface area contributed by atoms with Gasteiger partial charge in [-0.1, -0.05) is 65.7 Å². The molecule has 0 fully saturated rings. The predicted octanol–water partition coefficient (Wildman–Crippen LogP) is 9.00. The highest BCUT2D eigenvalue weighted by Crippen LogP contribution is 2.43. The maximum absolute atomic E-state index is 6.82. The fraction of sp³-hybridized carbons (Fsp3) is 0.286. The van der Waals surface area contributed by atoms with E-state index in [4.69, 9.17) is 14.5 Å². The number of aryl methyl sites for hydroxylation is 6. The number of aliphatic imine (C=N–C) groups is 1. The number of rotatable bonds is 2. The highest BCUT2D eigenvalue weighted by Gasteiger charge is 2.29. The Kier molecular flexibility index (Phi) is 6.65. The van der Waals surface area contributed by atoms with Crippen molar-refractivity contribution in [3.63, 3.8) is 0 Å². The molecule has 4 aromatic carbocycles. The summed E-state index contributed by atoms with van der Waals surface area (Å²) in [6, 6.07) is 21.5. The molecule has 0 N–H and O–H groups in total. The summed E-state index contributed by atoms with van der Waals surface area (Å²) in [5, 5.41) is 0. The molecule has 194 valence electrons. The van der Waals surface area contributed by atoms with Gasteiger partial charge in [0.2, 0.25) is 5.79 Å². The zero-order chi connectivity index (χ0) is 27.2. The third-order valence-electron chi connectivity index (χ3n) is 7.22. The average Bonchev–Trinajstić information content (AvgIpc) is 2.80. The van der Waals surface area contributed by atoms with E-state index in [0.717, 1.165) is 33.8 Å². The molecule has 0 amide bonds. The summed E-state index contributed by atoms with van der Waals surface area (Å²) in [6.07, 6.45) is 1.94. The minimum atomic E-state index is -0.931. The molecular weight excluding hydrogens is 466 g/mol. The van der Waals surface area contributed by atoms with Crippen LogP contribution in [0.1, 0.15) is 58.4 Å². The van der Waals surface area contributed by atoms with Gasteiger partial charge in [-0.05, 0) is 81.0 Å². The lowest BCUT2D eigenvalue weighted by atomic mass is 9.91. The Morgan fingerprint density at radius 2 is 1.11 bits per heavy atom. The van der Waals surface area contributed by atoms with Gasteiger partial charge in [0.05, 0.1) is 6.54 Å². The molecular formula is C35H37NO2. The van der Waals surface area contributed by atoms with Gasteiger partial charge in [-0.25, -0.2) is 0 Å². The first kappa shape index (κ1) is 25.8. The van der Waals surface area contributed by atoms with E-state index in [0.29, 0.717) is 6.54 Å². The molecule has 1 aliphatic rings. The third kappa shape index (κ3) is 4.86. The first-order valence-electron chi connectivity index (χ1n) is 13.3. The number of para-hydroxylation sites is 2. The van der Waals surface area contributed by atoms with Crippen LogP contribution in [0.3, 0.4) is 0 Å². The molecule has 0 spiro atoms. The Morgan fingerprint density at radius 3 is 1.66 bits per heavy atom. The minimum Gasteiger partial charge on any atom is -0.452 e. The summed E-state index contributed by atoms with van der Waals surface area (Å²) >= 11 is 0. The molecule has 0 atom stereocenters. The van der Waals surface area contributed by atoms with Crippen LogP contribution in [0.5, 0.6) is 11.5 Å². The van der Waals surface area contributed by atoms with Crippen molar-refractivity contribution in [3.05, 3.63) is 105 Å². The van der Waals surface area contributed by atoms with Gasteiger partial charge in [0.15, 0.2) is 0 Å². The quantitative estimate of drug-likeness (QED) is 0.273. The molecule has 4 aromatic rings. The number of benzene rings is 4. The zero-order valence-corrected chi connectivity index (χ0v) is 23.8. The molecule has 0 aromatic heterocycles. The number of hydrogen-bond donors (Lipinski definition) is 0. The molecule has 3 nitrogen and oxygen atoms in total. The van der Waals surface area contributed by atoms with E-state index >= 15 is 0 Å². The lowest BCUT2D eigenvalue weighted by molar-refractivity contribution is -0.0809. The van der Waals surface area contributed by atoms with E-state index < -0.39 is 5.79 Å². The fourth-order valence-corrected chi connectivity index (χ4v) is 5.96. The SMILES string of the molecule is Cc1cc(C)c(-c2cccc3c2OC(C)(C)Oc2c(cccc2-c2c(C)cc(C)cc2C)CN=C3)c(C)c1. The molecule has 0 radical (unpaired) electrons. The van der Waals surface area contributed by atoms with Crippen LogP contribution >= 0.6 is 0 Å². The molecule has 38 heavy (non-hydrogen) atoms. The third-order valence-corrected chi connectivity index (χ3v) is 7.22. The Balaban J connectivity index is 1.68. The maximum atomic E-state index is 6.82. The summed E-state index contributed by atoms with van der Waals surface area (Å²) < 4.78 is 13.6. The maximum Gasteiger partial charge on any atom is 0.245 e. The van der Waals surface area contributed by atoms with E-state index in [1.165, 1.54) is 44.5 Å². The van der Waals surface area contributed by atoms with Crippen molar-refractivity contribution in [2.45, 2.75) is 67.7 Å². The predicted molar refractivity (Wildman–Crippen MR) is 159 cm³/mol. The summed E-state index contributed by atoms with van der Waals surface area (Å²) in [4.78, 5) is 4.87. The van der Waals surface area contributed by atoms with Gasteiger partial charge < -0.3 is 9.47 Å². The van der Waals surface area contributed by atoms with Crippen LogP contribution in [-0.4, -0.2) is 12.0 Å². The molecule has 0 aliphatic carbocycles. The molecule has 5 rings (SSSR count). The summed E-state index contributed by atoms with van der Waals surface area (Å²) in [7, 11) is 0. The molecule has 3 heteroatoms. The van der Waals surface area contributed by atoms with Gasteiger partial charge >= 0.3 is 0 Å². The van der Waals surface area contributed by atoms with Gasteiger partial charge in [0, 0.05) is 42.3 Å². The van der Waals surface area contributed by atoms with E-state index in [2.05, 4.69) is 102 Å². The number of fused-ring (bicyclic) bond motifs is 2. The van der Waals surface area contributed by atoms with Gasteiger partial charge in [-0.2, -0.15) is 0 Å². The second-order valence-corrected chi connectivity index (χ2v) is 11.1. The van der Waals surface area contributed by atoms with Crippen LogP contribution in [-0.2, 0) is 6.54 Å². The van der Waals surface area contributed by atoms with Crippen molar-refractivity contribution < 1.29 is 9.47 Å². The zero-order valence-electron chi connectivity index (χ0n) is 23.8. The molecule has 0 saturated heterocycles. The molecule has 0 bridgehead atoms. The first-order valence-corrected chi connectivity index (χ1v) is 13.3. The number of ether oxygens (including phenoxy) is 2. The van der Waals surface area contributed by atoms with Gasteiger partial charge in [-0.15, -0.1) is 0 Å². The van der Waals surface area contributed by atoms with Crippen molar-refractivity contribution in [1.82, 2.24) is 0 Å². The van der Waals surface area contributed by atoms with Crippen molar-refractivity contribution in [2.75, 3.05) is 0 Å². The van der Waals surface area contributed by atoms with Gasteiger partial charge in [0.1, 0.15) is 11.5 Å². The van der Waals surface area contributed by atoms with Crippen molar-refractivity contribution in [1.29, 1.82) is 0 Å². The standard InChI is InChI=1S/C35H37NO2/c1-21-15-23(3)31(24(4)16-21)29-13-9-11-27-19-36-20-28-12-10-14-30(32-25(5)17-22(2)18-26(32)6)34(28)38-35(7,8)37-33(27)29/h9-19H,20H2,1-8H3. The molecule has 0 saturated carbocycles. The van der Waals surface area contributed by atoms with Crippen LogP contribution in [0.15, 0.2) is 65.7 Å². The van der Waals surface area contributed by atoms with Crippen LogP contribution < -0.4 is 9.47 Å². The molecule has 1 heterocycles. The Bertz CT molecular complexity index is 1530. The Labute approximate surface area is 227 Å². The first-order chi connectivity index (χ1) is 18.0. The monoisotopic (exact) mass is 503 g/mol. The normalized spacial score (nSPS) is 14.2. The average molecular weight is 504 g/mol. The topological polar surface area (TPSA) is 30.8 Å². The second kappa shape index (κ2) is 9.79. The molecule has 1 aliphatic heterocycles. The summed E-state index contributed by atoms with van der Waals surface area (Å²) in [5.41, 5.74) is 14.0. The smallest absolute Gasteiger partial charge is 0.245 e. The van der Waals surface area contributed by atoms with E-state index in [1.807, 2.05) is 20.1 Å². The van der Waals surface area contributed by atoms with Crippen LogP contribution in [0, 0.1) is 41.5 Å². The largest absolute Gasteiger partial charge is 0.452 e. The van der Waals surface area contributed by atoms with Crippen molar-refractivity contribution in [2.24, 2.45) is 4.99 Å². The van der Waals surface area contributed by atoms with E-state index in [1.54, 1.807) is 0 Å². The van der Waals surface area contributed by atoms with Crippen molar-refractivity contribution in [3.8, 4) is 33.8 Å². The highest BCUT2D eigenvalue weighted by molar-refractivity contribution is 5.90. The lowest BCUT2D eigenvalue weighted by Gasteiger charge is -2.32. The minimum absolute atomic E-state index is 0.523. The lowest BCUT2D eigenvalue weighted by Crippen LogP contribution is -2.36. The van der Waals surface area contributed by atoms with Crippen LogP contribution in [0.4, 0.5) is 0 Å². The fourth-order valence-electron chi connectivity index (χ4n) is 5.96. The molecule has 0 unspecified atom stereocenters.